The zero-order chi connectivity index (χ0) is 17.3. The number of ether oxygens (including phenoxy) is 1. The second-order valence-corrected chi connectivity index (χ2v) is 6.65. The first-order valence-corrected chi connectivity index (χ1v) is 8.43. The predicted octanol–water partition coefficient (Wildman–Crippen LogP) is 2.99. The van der Waals surface area contributed by atoms with Gasteiger partial charge in [0.1, 0.15) is 5.82 Å². The number of carbonyl (C=O) groups is 2. The van der Waals surface area contributed by atoms with Gasteiger partial charge in [0.15, 0.2) is 0 Å². The molecular weight excluding hydrogens is 313 g/mol. The highest BCUT2D eigenvalue weighted by Gasteiger charge is 2.57. The fraction of sp³-hybridized carbons (Fsp3) is 0.556. The highest BCUT2D eigenvalue weighted by molar-refractivity contribution is 5.96. The molecule has 0 aromatic heterocycles. The van der Waals surface area contributed by atoms with Gasteiger partial charge in [0.2, 0.25) is 0 Å². The molecular formula is C18H22FNO4. The number of halogens is 1. The van der Waals surface area contributed by atoms with E-state index >= 15 is 0 Å². The molecule has 2 unspecified atom stereocenters. The van der Waals surface area contributed by atoms with Crippen LogP contribution in [0.1, 0.15) is 59.7 Å². The third kappa shape index (κ3) is 2.79. The van der Waals surface area contributed by atoms with E-state index in [1.807, 2.05) is 6.92 Å². The van der Waals surface area contributed by atoms with Crippen molar-refractivity contribution in [3.63, 3.8) is 0 Å². The maximum atomic E-state index is 14.1. The molecule has 5 nitrogen and oxygen atoms in total. The van der Waals surface area contributed by atoms with E-state index in [0.29, 0.717) is 6.61 Å². The van der Waals surface area contributed by atoms with Gasteiger partial charge in [-0.1, -0.05) is 12.8 Å². The van der Waals surface area contributed by atoms with Crippen molar-refractivity contribution < 1.29 is 23.8 Å². The molecule has 24 heavy (non-hydrogen) atoms. The Balaban J connectivity index is 1.72. The summed E-state index contributed by atoms with van der Waals surface area (Å²) in [6, 6.07) is 3.35. The number of carboxylic acids is 1. The molecule has 2 aliphatic carbocycles. The molecule has 0 heterocycles. The lowest BCUT2D eigenvalue weighted by atomic mass is 9.60. The molecule has 1 amide bonds. The number of aromatic carboxylic acids is 1. The lowest BCUT2D eigenvalue weighted by molar-refractivity contribution is -0.127. The molecule has 1 aromatic carbocycles. The minimum absolute atomic E-state index is 0.0115. The Hall–Kier alpha value is -1.95. The summed E-state index contributed by atoms with van der Waals surface area (Å²) in [6.07, 6.45) is 5.19. The second kappa shape index (κ2) is 6.51. The van der Waals surface area contributed by atoms with Gasteiger partial charge >= 0.3 is 5.97 Å². The van der Waals surface area contributed by atoms with Gasteiger partial charge in [-0.2, -0.15) is 0 Å². The molecule has 0 bridgehead atoms. The van der Waals surface area contributed by atoms with Gasteiger partial charge < -0.3 is 15.2 Å². The Kier molecular flexibility index (Phi) is 4.58. The summed E-state index contributed by atoms with van der Waals surface area (Å²) >= 11 is 0. The summed E-state index contributed by atoms with van der Waals surface area (Å²) in [7, 11) is 0. The molecule has 2 aliphatic rings. The van der Waals surface area contributed by atoms with Gasteiger partial charge in [-0.3, -0.25) is 4.79 Å². The van der Waals surface area contributed by atoms with Crippen LogP contribution in [0.2, 0.25) is 0 Å². The number of hydrogen-bond acceptors (Lipinski definition) is 3. The Bertz CT molecular complexity index is 654. The van der Waals surface area contributed by atoms with E-state index in [-0.39, 0.29) is 28.7 Å². The first-order valence-electron chi connectivity index (χ1n) is 8.43. The zero-order valence-corrected chi connectivity index (χ0v) is 13.7. The molecule has 0 aliphatic heterocycles. The van der Waals surface area contributed by atoms with Crippen LogP contribution in [0.15, 0.2) is 18.2 Å². The van der Waals surface area contributed by atoms with Gasteiger partial charge in [-0.05, 0) is 44.4 Å². The molecule has 130 valence electrons. The lowest BCUT2D eigenvalue weighted by Gasteiger charge is -2.54. The smallest absolute Gasteiger partial charge is 0.335 e. The molecule has 6 heteroatoms. The fourth-order valence-corrected chi connectivity index (χ4v) is 4.16. The maximum Gasteiger partial charge on any atom is 0.335 e. The van der Waals surface area contributed by atoms with Crippen molar-refractivity contribution in [2.75, 3.05) is 6.61 Å². The van der Waals surface area contributed by atoms with E-state index in [4.69, 9.17) is 9.84 Å². The number of benzene rings is 1. The minimum atomic E-state index is -1.22. The van der Waals surface area contributed by atoms with Crippen molar-refractivity contribution in [3.8, 4) is 0 Å². The molecule has 2 atom stereocenters. The number of carboxylic acid groups (broad SMARTS) is 1. The number of rotatable bonds is 5. The number of nitrogens with one attached hydrogen (secondary N) is 1. The normalized spacial score (nSPS) is 24.6. The van der Waals surface area contributed by atoms with Crippen LogP contribution in [0.25, 0.3) is 0 Å². The number of amides is 1. The number of hydrogen-bond donors (Lipinski definition) is 2. The zero-order valence-electron chi connectivity index (χ0n) is 13.7. The van der Waals surface area contributed by atoms with E-state index in [1.165, 1.54) is 12.1 Å². The molecule has 2 fully saturated rings. The standard InChI is InChI=1S/C18H22FNO4/c1-2-24-15-10-14(18(15)7-3-4-8-18)20-16(21)12-6-5-11(17(22)23)9-13(12)19/h5-6,9,14-15H,2-4,7-8,10H2,1H3,(H,20,21)(H,22,23). The van der Waals surface area contributed by atoms with Gasteiger partial charge in [-0.25, -0.2) is 9.18 Å². The maximum absolute atomic E-state index is 14.1. The Morgan fingerprint density at radius 2 is 2.08 bits per heavy atom. The van der Waals surface area contributed by atoms with Gasteiger partial charge in [0, 0.05) is 18.1 Å². The topological polar surface area (TPSA) is 75.6 Å². The number of carbonyl (C=O) groups excluding carboxylic acids is 1. The summed E-state index contributed by atoms with van der Waals surface area (Å²) < 4.78 is 19.9. The molecule has 3 rings (SSSR count). The molecule has 0 radical (unpaired) electrons. The van der Waals surface area contributed by atoms with E-state index in [2.05, 4.69) is 5.32 Å². The third-order valence-electron chi connectivity index (χ3n) is 5.45. The molecule has 1 aromatic rings. The summed E-state index contributed by atoms with van der Waals surface area (Å²) in [5.74, 6) is -2.52. The van der Waals surface area contributed by atoms with Gasteiger partial charge in [0.25, 0.3) is 5.91 Å². The minimum Gasteiger partial charge on any atom is -0.478 e. The van der Waals surface area contributed by atoms with Gasteiger partial charge in [-0.15, -0.1) is 0 Å². The lowest BCUT2D eigenvalue weighted by Crippen LogP contribution is -2.63. The molecule has 0 saturated heterocycles. The van der Waals surface area contributed by atoms with Crippen molar-refractivity contribution >= 4 is 11.9 Å². The first-order chi connectivity index (χ1) is 11.5. The predicted molar refractivity (Wildman–Crippen MR) is 85.5 cm³/mol. The highest BCUT2D eigenvalue weighted by Crippen LogP contribution is 2.54. The van der Waals surface area contributed by atoms with Crippen molar-refractivity contribution in [2.24, 2.45) is 5.41 Å². The monoisotopic (exact) mass is 335 g/mol. The second-order valence-electron chi connectivity index (χ2n) is 6.65. The largest absolute Gasteiger partial charge is 0.478 e. The van der Waals surface area contributed by atoms with Crippen molar-refractivity contribution in [2.45, 2.75) is 51.2 Å². The van der Waals surface area contributed by atoms with Crippen LogP contribution in [-0.2, 0) is 4.74 Å². The fourth-order valence-electron chi connectivity index (χ4n) is 4.16. The quantitative estimate of drug-likeness (QED) is 0.867. The van der Waals surface area contributed by atoms with Crippen molar-refractivity contribution in [1.82, 2.24) is 5.32 Å². The van der Waals surface area contributed by atoms with E-state index in [0.717, 1.165) is 38.2 Å². The van der Waals surface area contributed by atoms with Crippen LogP contribution >= 0.6 is 0 Å². The average Bonchev–Trinajstić information content (AvgIpc) is 3.06. The van der Waals surface area contributed by atoms with Crippen LogP contribution in [0.4, 0.5) is 4.39 Å². The Morgan fingerprint density at radius 3 is 2.67 bits per heavy atom. The molecule has 2 N–H and O–H groups in total. The van der Waals surface area contributed by atoms with E-state index < -0.39 is 17.7 Å². The van der Waals surface area contributed by atoms with Crippen LogP contribution in [0.5, 0.6) is 0 Å². The Morgan fingerprint density at radius 1 is 1.38 bits per heavy atom. The summed E-state index contributed by atoms with van der Waals surface area (Å²) in [4.78, 5) is 23.3. The Labute approximate surface area is 140 Å². The molecule has 2 saturated carbocycles. The van der Waals surface area contributed by atoms with Crippen LogP contribution < -0.4 is 5.32 Å². The van der Waals surface area contributed by atoms with E-state index in [9.17, 15) is 14.0 Å². The van der Waals surface area contributed by atoms with Crippen molar-refractivity contribution in [3.05, 3.63) is 35.1 Å². The van der Waals surface area contributed by atoms with Crippen LogP contribution in [0.3, 0.4) is 0 Å². The SMILES string of the molecule is CCOC1CC(NC(=O)c2ccc(C(=O)O)cc2F)C12CCCC2. The first kappa shape index (κ1) is 16.9. The molecule has 1 spiro atoms. The van der Waals surface area contributed by atoms with Crippen LogP contribution in [-0.4, -0.2) is 35.7 Å². The summed E-state index contributed by atoms with van der Waals surface area (Å²) in [6.45, 7) is 2.62. The van der Waals surface area contributed by atoms with Crippen molar-refractivity contribution in [1.29, 1.82) is 0 Å². The average molecular weight is 335 g/mol. The van der Waals surface area contributed by atoms with E-state index in [1.54, 1.807) is 0 Å². The van der Waals surface area contributed by atoms with Gasteiger partial charge in [0.05, 0.1) is 17.2 Å². The summed E-state index contributed by atoms with van der Waals surface area (Å²) in [5.41, 5.74) is -0.312. The third-order valence-corrected chi connectivity index (χ3v) is 5.45. The highest BCUT2D eigenvalue weighted by atomic mass is 19.1. The summed E-state index contributed by atoms with van der Waals surface area (Å²) in [5, 5.41) is 11.8. The van der Waals surface area contributed by atoms with Crippen LogP contribution in [0, 0.1) is 11.2 Å².